The molecule has 0 aliphatic carbocycles. The van der Waals surface area contributed by atoms with Gasteiger partial charge >= 0.3 is 0 Å². The summed E-state index contributed by atoms with van der Waals surface area (Å²) in [6.45, 7) is 0.635. The average Bonchev–Trinajstić information content (AvgIpc) is 3.16. The van der Waals surface area contributed by atoms with E-state index in [2.05, 4.69) is 37.9 Å². The number of nitrogens with one attached hydrogen (secondary N) is 2. The normalized spacial score (nSPS) is 10.9. The van der Waals surface area contributed by atoms with Crippen LogP contribution >= 0.6 is 24.4 Å². The Bertz CT molecular complexity index is 1480. The standard InChI is InChI=1S/C21H17FN6O2S2/c22-14-4-7-17-16(11-14)19(30)27(20-25-26-21(32)28(17)20)9-1-8-23-18(29)10-13-2-5-15(6-3-13)24-12-31/h2-7,11H,1,8-10H2,(H,23,29)(H,26,32). The number of hydrogen-bond donors (Lipinski definition) is 2. The molecular formula is C21H17FN6O2S2. The van der Waals surface area contributed by atoms with Gasteiger partial charge in [-0.3, -0.25) is 18.6 Å². The van der Waals surface area contributed by atoms with Crippen molar-refractivity contribution < 1.29 is 9.18 Å². The minimum Gasteiger partial charge on any atom is -0.356 e. The molecule has 0 fully saturated rings. The predicted octanol–water partition coefficient (Wildman–Crippen LogP) is 3.33. The number of carbonyl (C=O) groups is 1. The molecule has 0 aliphatic rings. The quantitative estimate of drug-likeness (QED) is 0.246. The van der Waals surface area contributed by atoms with Crippen molar-refractivity contribution in [2.45, 2.75) is 19.4 Å². The van der Waals surface area contributed by atoms with Crippen molar-refractivity contribution in [3.05, 3.63) is 69.0 Å². The van der Waals surface area contributed by atoms with Crippen LogP contribution in [0.3, 0.4) is 0 Å². The molecule has 8 nitrogen and oxygen atoms in total. The van der Waals surface area contributed by atoms with Gasteiger partial charge in [0.2, 0.25) is 16.5 Å². The number of aromatic nitrogens is 4. The predicted molar refractivity (Wildman–Crippen MR) is 125 cm³/mol. The number of benzene rings is 2. The molecule has 4 aromatic rings. The summed E-state index contributed by atoms with van der Waals surface area (Å²) in [7, 11) is 0. The van der Waals surface area contributed by atoms with Crippen LogP contribution in [0.5, 0.6) is 0 Å². The Balaban J connectivity index is 1.44. The molecule has 0 atom stereocenters. The van der Waals surface area contributed by atoms with Gasteiger partial charge in [-0.1, -0.05) is 12.1 Å². The van der Waals surface area contributed by atoms with Crippen molar-refractivity contribution in [1.29, 1.82) is 0 Å². The molecule has 0 unspecified atom stereocenters. The fourth-order valence-corrected chi connectivity index (χ4v) is 3.78. The van der Waals surface area contributed by atoms with Gasteiger partial charge in [0.15, 0.2) is 0 Å². The minimum atomic E-state index is -0.509. The Morgan fingerprint density at radius 3 is 2.78 bits per heavy atom. The van der Waals surface area contributed by atoms with Crippen molar-refractivity contribution in [1.82, 2.24) is 24.5 Å². The second kappa shape index (κ2) is 9.31. The Labute approximate surface area is 191 Å². The molecule has 0 aliphatic heterocycles. The molecule has 0 spiro atoms. The number of H-pyrrole nitrogens is 1. The van der Waals surface area contributed by atoms with Crippen LogP contribution in [0.2, 0.25) is 0 Å². The minimum absolute atomic E-state index is 0.142. The summed E-state index contributed by atoms with van der Waals surface area (Å²) in [4.78, 5) is 29.0. The topological polar surface area (TPSA) is 96.5 Å². The van der Waals surface area contributed by atoms with E-state index in [-0.39, 0.29) is 29.8 Å². The van der Waals surface area contributed by atoms with Gasteiger partial charge in [0.25, 0.3) is 5.56 Å². The number of aromatic amines is 1. The van der Waals surface area contributed by atoms with E-state index in [1.54, 1.807) is 28.7 Å². The van der Waals surface area contributed by atoms with Gasteiger partial charge in [0.05, 0.1) is 28.2 Å². The van der Waals surface area contributed by atoms with Gasteiger partial charge in [-0.25, -0.2) is 9.49 Å². The van der Waals surface area contributed by atoms with Crippen LogP contribution in [-0.4, -0.2) is 36.8 Å². The largest absolute Gasteiger partial charge is 0.356 e. The summed E-state index contributed by atoms with van der Waals surface area (Å²) < 4.78 is 17.1. The van der Waals surface area contributed by atoms with E-state index in [0.717, 1.165) is 5.56 Å². The van der Waals surface area contributed by atoms with E-state index >= 15 is 0 Å². The number of aryl methyl sites for hydroxylation is 1. The lowest BCUT2D eigenvalue weighted by molar-refractivity contribution is -0.120. The Morgan fingerprint density at radius 2 is 2.03 bits per heavy atom. The molecule has 4 rings (SSSR count). The third kappa shape index (κ3) is 4.40. The number of nitrogens with zero attached hydrogens (tertiary/aromatic N) is 4. The molecule has 2 aromatic carbocycles. The molecule has 0 saturated carbocycles. The molecule has 0 bridgehead atoms. The summed E-state index contributed by atoms with van der Waals surface area (Å²) in [6.07, 6.45) is 0.694. The third-order valence-electron chi connectivity index (χ3n) is 4.93. The summed E-state index contributed by atoms with van der Waals surface area (Å²) >= 11 is 9.83. The highest BCUT2D eigenvalue weighted by Gasteiger charge is 2.14. The van der Waals surface area contributed by atoms with Crippen LogP contribution in [0.1, 0.15) is 12.0 Å². The van der Waals surface area contributed by atoms with Gasteiger partial charge < -0.3 is 5.32 Å². The van der Waals surface area contributed by atoms with Gasteiger partial charge in [-0.05, 0) is 66.8 Å². The summed E-state index contributed by atoms with van der Waals surface area (Å²) in [5.41, 5.74) is 1.63. The van der Waals surface area contributed by atoms with E-state index in [1.165, 1.54) is 22.8 Å². The number of hydrogen-bond acceptors (Lipinski definition) is 6. The molecule has 2 heterocycles. The lowest BCUT2D eigenvalue weighted by Crippen LogP contribution is -2.29. The molecule has 2 aromatic heterocycles. The highest BCUT2D eigenvalue weighted by atomic mass is 32.1. The zero-order chi connectivity index (χ0) is 22.7. The van der Waals surface area contributed by atoms with Gasteiger partial charge in [-0.15, -0.1) is 5.10 Å². The van der Waals surface area contributed by atoms with Crippen molar-refractivity contribution in [3.8, 4) is 0 Å². The second-order valence-electron chi connectivity index (χ2n) is 7.03. The number of thiocarbonyl (C=S) groups is 1. The van der Waals surface area contributed by atoms with E-state index < -0.39 is 5.82 Å². The number of amides is 1. The lowest BCUT2D eigenvalue weighted by atomic mass is 10.1. The fraction of sp³-hybridized carbons (Fsp3) is 0.190. The number of fused-ring (bicyclic) bond motifs is 3. The van der Waals surface area contributed by atoms with Crippen molar-refractivity contribution >= 4 is 57.9 Å². The molecular weight excluding hydrogens is 451 g/mol. The first-order valence-corrected chi connectivity index (χ1v) is 10.5. The van der Waals surface area contributed by atoms with Gasteiger partial charge in [0.1, 0.15) is 5.82 Å². The van der Waals surface area contributed by atoms with Crippen LogP contribution < -0.4 is 10.9 Å². The van der Waals surface area contributed by atoms with Crippen LogP contribution in [0.4, 0.5) is 10.1 Å². The van der Waals surface area contributed by atoms with Crippen LogP contribution in [0.25, 0.3) is 16.7 Å². The monoisotopic (exact) mass is 468 g/mol. The maximum absolute atomic E-state index is 13.7. The fourth-order valence-electron chi connectivity index (χ4n) is 3.45. The zero-order valence-corrected chi connectivity index (χ0v) is 18.3. The van der Waals surface area contributed by atoms with Gasteiger partial charge in [-0.2, -0.15) is 4.99 Å². The van der Waals surface area contributed by atoms with E-state index in [4.69, 9.17) is 12.2 Å². The highest BCUT2D eigenvalue weighted by Crippen LogP contribution is 2.15. The van der Waals surface area contributed by atoms with E-state index in [1.807, 2.05) is 0 Å². The second-order valence-corrected chi connectivity index (χ2v) is 7.60. The molecule has 2 N–H and O–H groups in total. The Kier molecular flexibility index (Phi) is 6.31. The Morgan fingerprint density at radius 1 is 1.25 bits per heavy atom. The first-order valence-electron chi connectivity index (χ1n) is 9.70. The maximum atomic E-state index is 13.7. The SMILES string of the molecule is O=C(Cc1ccc(N=C=S)cc1)NCCCn1c(=O)c2cc(F)ccc2n2c(=S)[nH]nc12. The first-order chi connectivity index (χ1) is 15.5. The van der Waals surface area contributed by atoms with Crippen molar-refractivity contribution in [2.75, 3.05) is 6.54 Å². The molecule has 32 heavy (non-hydrogen) atoms. The van der Waals surface area contributed by atoms with E-state index in [0.29, 0.717) is 34.7 Å². The maximum Gasteiger partial charge on any atom is 0.262 e. The number of rotatable bonds is 7. The highest BCUT2D eigenvalue weighted by molar-refractivity contribution is 7.78. The summed E-state index contributed by atoms with van der Waals surface area (Å²) in [6, 6.07) is 11.1. The van der Waals surface area contributed by atoms with Gasteiger partial charge in [0, 0.05) is 13.1 Å². The Hall–Kier alpha value is -3.53. The number of isothiocyanates is 1. The zero-order valence-electron chi connectivity index (χ0n) is 16.7. The number of carbonyl (C=O) groups excluding carboxylic acids is 1. The van der Waals surface area contributed by atoms with E-state index in [9.17, 15) is 14.0 Å². The summed E-state index contributed by atoms with van der Waals surface area (Å²) in [5.74, 6) is -0.314. The molecule has 11 heteroatoms. The van der Waals surface area contributed by atoms with Crippen molar-refractivity contribution in [2.24, 2.45) is 4.99 Å². The van der Waals surface area contributed by atoms with Crippen LogP contribution in [0.15, 0.2) is 52.3 Å². The molecule has 0 saturated heterocycles. The number of aliphatic imine (C=N–C) groups is 1. The average molecular weight is 469 g/mol. The molecule has 0 radical (unpaired) electrons. The number of halogens is 1. The molecule has 162 valence electrons. The van der Waals surface area contributed by atoms with Crippen LogP contribution in [0, 0.1) is 10.6 Å². The molecule has 1 amide bonds. The summed E-state index contributed by atoms with van der Waals surface area (Å²) in [5, 5.41) is 12.2. The van der Waals surface area contributed by atoms with Crippen molar-refractivity contribution in [3.63, 3.8) is 0 Å². The third-order valence-corrected chi connectivity index (χ3v) is 5.29. The van der Waals surface area contributed by atoms with Crippen LogP contribution in [-0.2, 0) is 17.8 Å². The smallest absolute Gasteiger partial charge is 0.262 e. The lowest BCUT2D eigenvalue weighted by Gasteiger charge is -2.11. The first kappa shape index (κ1) is 21.7.